The van der Waals surface area contributed by atoms with Gasteiger partial charge < -0.3 is 0 Å². The molecule has 0 fully saturated rings. The van der Waals surface area contributed by atoms with Crippen molar-refractivity contribution in [1.82, 2.24) is 0 Å². The average molecular weight is 105 g/mol. The van der Waals surface area contributed by atoms with Crippen LogP contribution < -0.4 is 0 Å². The molecule has 2 nitrogen and oxygen atoms in total. The summed E-state index contributed by atoms with van der Waals surface area (Å²) in [6.07, 6.45) is 0. The lowest BCUT2D eigenvalue weighted by atomic mass is 11.0. The Kier molecular flexibility index (Phi) is 2.94. The van der Waals surface area contributed by atoms with Gasteiger partial charge in [0, 0.05) is 5.75 Å². The zero-order chi connectivity index (χ0) is 4.99. The highest BCUT2D eigenvalue weighted by molar-refractivity contribution is 8.13. The summed E-state index contributed by atoms with van der Waals surface area (Å²) in [7, 11) is 0. The van der Waals surface area contributed by atoms with E-state index in [2.05, 4.69) is 0 Å². The lowest BCUT2D eigenvalue weighted by molar-refractivity contribution is 0.199. The molecule has 0 spiro atoms. The van der Waals surface area contributed by atoms with E-state index in [1.165, 1.54) is 0 Å². The zero-order valence-electron chi connectivity index (χ0n) is 3.43. The number of thioether (sulfide) groups is 1. The van der Waals surface area contributed by atoms with E-state index in [1.807, 2.05) is 0 Å². The standard InChI is InChI=1S/C3H5O2S/c1-2-6-3(4)5/h2H2,1H3. The van der Waals surface area contributed by atoms with Crippen LogP contribution in [0.3, 0.4) is 0 Å². The van der Waals surface area contributed by atoms with Crippen molar-refractivity contribution in [3.63, 3.8) is 0 Å². The summed E-state index contributed by atoms with van der Waals surface area (Å²) in [4.78, 5) is 9.45. The van der Waals surface area contributed by atoms with Crippen LogP contribution >= 0.6 is 11.8 Å². The molecule has 0 aromatic heterocycles. The van der Waals surface area contributed by atoms with Crippen LogP contribution in [-0.4, -0.2) is 11.1 Å². The molecular weight excluding hydrogens is 100 g/mol. The number of rotatable bonds is 1. The second-order valence-corrected chi connectivity index (χ2v) is 1.88. The quantitative estimate of drug-likeness (QED) is 0.503. The van der Waals surface area contributed by atoms with Gasteiger partial charge in [-0.05, 0) is 11.8 Å². The smallest absolute Gasteiger partial charge is 0.234 e. The monoisotopic (exact) mass is 105 g/mol. The summed E-state index contributed by atoms with van der Waals surface area (Å²) in [5.74, 6) is 0.586. The van der Waals surface area contributed by atoms with E-state index < -0.39 is 5.30 Å². The van der Waals surface area contributed by atoms with Gasteiger partial charge in [-0.15, -0.1) is 0 Å². The van der Waals surface area contributed by atoms with E-state index >= 15 is 0 Å². The fourth-order valence-electron chi connectivity index (χ4n) is 0.118. The first-order valence-electron chi connectivity index (χ1n) is 1.61. The Morgan fingerprint density at radius 3 is 2.33 bits per heavy atom. The van der Waals surface area contributed by atoms with Crippen molar-refractivity contribution in [2.75, 3.05) is 5.75 Å². The van der Waals surface area contributed by atoms with Crippen molar-refractivity contribution in [2.45, 2.75) is 6.92 Å². The van der Waals surface area contributed by atoms with Crippen LogP contribution in [0, 0.1) is 0 Å². The van der Waals surface area contributed by atoms with Gasteiger partial charge in [0.1, 0.15) is 0 Å². The molecule has 1 radical (unpaired) electrons. The minimum absolute atomic E-state index is 0.586. The molecule has 0 aromatic rings. The number of hydrogen-bond acceptors (Lipinski definition) is 2. The van der Waals surface area contributed by atoms with Gasteiger partial charge in [0.25, 0.3) is 0 Å². The molecule has 6 heavy (non-hydrogen) atoms. The molecule has 0 atom stereocenters. The third-order valence-corrected chi connectivity index (χ3v) is 0.787. The number of carbonyl (C=O) groups is 1. The first-order chi connectivity index (χ1) is 2.77. The Hall–Kier alpha value is -0.180. The van der Waals surface area contributed by atoms with Crippen molar-refractivity contribution in [1.29, 1.82) is 0 Å². The molecule has 0 aliphatic rings. The van der Waals surface area contributed by atoms with Crippen LogP contribution in [0.15, 0.2) is 0 Å². The fourth-order valence-corrected chi connectivity index (χ4v) is 0.354. The molecule has 0 aliphatic heterocycles. The van der Waals surface area contributed by atoms with E-state index in [4.69, 9.17) is 0 Å². The molecule has 0 rings (SSSR count). The normalized spacial score (nSPS) is 8.17. The van der Waals surface area contributed by atoms with Gasteiger partial charge >= 0.3 is 5.30 Å². The molecule has 0 saturated heterocycles. The third-order valence-electron chi connectivity index (χ3n) is 0.262. The van der Waals surface area contributed by atoms with Crippen LogP contribution in [0.4, 0.5) is 4.79 Å². The molecule has 0 aromatic carbocycles. The van der Waals surface area contributed by atoms with Crippen molar-refractivity contribution in [3.8, 4) is 0 Å². The lowest BCUT2D eigenvalue weighted by Gasteiger charge is -1.75. The van der Waals surface area contributed by atoms with Crippen LogP contribution in [0.1, 0.15) is 6.92 Å². The lowest BCUT2D eigenvalue weighted by Crippen LogP contribution is -1.78. The Morgan fingerprint density at radius 2 is 2.33 bits per heavy atom. The van der Waals surface area contributed by atoms with Crippen LogP contribution in [0.2, 0.25) is 0 Å². The SMILES string of the molecule is CCSC([O])=O. The molecular formula is C3H5O2S. The van der Waals surface area contributed by atoms with Crippen LogP contribution in [0.5, 0.6) is 0 Å². The van der Waals surface area contributed by atoms with Gasteiger partial charge in [-0.2, -0.15) is 0 Å². The van der Waals surface area contributed by atoms with Crippen LogP contribution in [-0.2, 0) is 5.11 Å². The average Bonchev–Trinajstić information content (AvgIpc) is 1.35. The molecule has 35 valence electrons. The van der Waals surface area contributed by atoms with Crippen molar-refractivity contribution >= 4 is 17.1 Å². The minimum Gasteiger partial charge on any atom is -0.234 e. The summed E-state index contributed by atoms with van der Waals surface area (Å²) < 4.78 is 0. The van der Waals surface area contributed by atoms with Crippen molar-refractivity contribution in [2.24, 2.45) is 0 Å². The summed E-state index contributed by atoms with van der Waals surface area (Å²) >= 11 is 0.792. The molecule has 3 heteroatoms. The Bertz CT molecular complexity index is 52.8. The summed E-state index contributed by atoms with van der Waals surface area (Å²) in [5.41, 5.74) is 0. The van der Waals surface area contributed by atoms with E-state index in [0.29, 0.717) is 5.75 Å². The van der Waals surface area contributed by atoms with Crippen molar-refractivity contribution < 1.29 is 9.90 Å². The van der Waals surface area contributed by atoms with Gasteiger partial charge in [0.2, 0.25) is 0 Å². The number of carbonyl (C=O) groups excluding carboxylic acids is 1. The zero-order valence-corrected chi connectivity index (χ0v) is 4.25. The van der Waals surface area contributed by atoms with E-state index in [1.54, 1.807) is 6.92 Å². The van der Waals surface area contributed by atoms with Gasteiger partial charge in [-0.25, -0.2) is 9.90 Å². The second-order valence-electron chi connectivity index (χ2n) is 0.683. The van der Waals surface area contributed by atoms with E-state index in [0.717, 1.165) is 11.8 Å². The molecule has 0 heterocycles. The van der Waals surface area contributed by atoms with Crippen molar-refractivity contribution in [3.05, 3.63) is 0 Å². The highest BCUT2D eigenvalue weighted by Crippen LogP contribution is 1.97. The third kappa shape index (κ3) is 3.82. The minimum atomic E-state index is -1.04. The predicted octanol–water partition coefficient (Wildman–Crippen LogP) is 1.29. The first-order valence-corrected chi connectivity index (χ1v) is 2.59. The molecule has 0 amide bonds. The van der Waals surface area contributed by atoms with Gasteiger partial charge in [-0.1, -0.05) is 6.92 Å². The summed E-state index contributed by atoms with van der Waals surface area (Å²) in [6, 6.07) is 0. The maximum Gasteiger partial charge on any atom is 0.413 e. The van der Waals surface area contributed by atoms with Gasteiger partial charge in [0.15, 0.2) is 0 Å². The highest BCUT2D eigenvalue weighted by Gasteiger charge is 1.92. The second kappa shape index (κ2) is 3.03. The topological polar surface area (TPSA) is 37.0 Å². The predicted molar refractivity (Wildman–Crippen MR) is 24.2 cm³/mol. The molecule has 0 saturated carbocycles. The first kappa shape index (κ1) is 5.82. The largest absolute Gasteiger partial charge is 0.413 e. The molecule has 0 unspecified atom stereocenters. The van der Waals surface area contributed by atoms with Crippen LogP contribution in [0.25, 0.3) is 0 Å². The summed E-state index contributed by atoms with van der Waals surface area (Å²) in [6.45, 7) is 1.76. The Balaban J connectivity index is 2.83. The Morgan fingerprint density at radius 1 is 1.83 bits per heavy atom. The summed E-state index contributed by atoms with van der Waals surface area (Å²) in [5, 5.41) is 8.41. The van der Waals surface area contributed by atoms with E-state index in [-0.39, 0.29) is 0 Å². The molecule has 0 bridgehead atoms. The highest BCUT2D eigenvalue weighted by atomic mass is 32.2. The molecule has 0 aliphatic carbocycles. The maximum absolute atomic E-state index is 9.45. The Labute approximate surface area is 40.5 Å². The number of hydrogen-bond donors (Lipinski definition) is 0. The maximum atomic E-state index is 9.45. The molecule has 0 N–H and O–H groups in total. The van der Waals surface area contributed by atoms with Gasteiger partial charge in [0.05, 0.1) is 0 Å². The fraction of sp³-hybridized carbons (Fsp3) is 0.667. The van der Waals surface area contributed by atoms with Gasteiger partial charge in [-0.3, -0.25) is 0 Å². The van der Waals surface area contributed by atoms with E-state index in [9.17, 15) is 9.90 Å².